The van der Waals surface area contributed by atoms with Crippen molar-refractivity contribution >= 4 is 11.0 Å². The molecule has 6 nitrogen and oxygen atoms in total. The fourth-order valence-electron chi connectivity index (χ4n) is 2.24. The molecule has 0 saturated carbocycles. The van der Waals surface area contributed by atoms with Gasteiger partial charge in [-0.05, 0) is 24.3 Å². The lowest BCUT2D eigenvalue weighted by Gasteiger charge is -1.95. The number of aromatic amines is 1. The third-order valence-corrected chi connectivity index (χ3v) is 3.22. The van der Waals surface area contributed by atoms with Gasteiger partial charge in [-0.1, -0.05) is 23.4 Å². The van der Waals surface area contributed by atoms with Crippen molar-refractivity contribution in [3.8, 4) is 11.4 Å². The molecule has 4 rings (SSSR count). The van der Waals surface area contributed by atoms with Gasteiger partial charge in [0.25, 0.3) is 0 Å². The minimum absolute atomic E-state index is 0.550. The quantitative estimate of drug-likeness (QED) is 0.623. The smallest absolute Gasteiger partial charge is 0.131 e. The van der Waals surface area contributed by atoms with Crippen LogP contribution in [0.25, 0.3) is 22.4 Å². The van der Waals surface area contributed by atoms with Crippen molar-refractivity contribution in [1.29, 1.82) is 0 Å². The Morgan fingerprint density at radius 3 is 2.76 bits per heavy atom. The van der Waals surface area contributed by atoms with E-state index in [0.717, 1.165) is 28.2 Å². The molecule has 0 bridgehead atoms. The Morgan fingerprint density at radius 2 is 1.90 bits per heavy atom. The molecule has 0 radical (unpaired) electrons. The standard InChI is InChI=1S/C15H12N6/c1-2-7-13-12(6-1)17-15(18-13)10-21-9-14(19-20-21)11-5-3-4-8-16-11/h1-9H,10H2,(H,17,18). The molecule has 0 amide bonds. The lowest BCUT2D eigenvalue weighted by molar-refractivity contribution is 0.631. The zero-order valence-corrected chi connectivity index (χ0v) is 11.1. The van der Waals surface area contributed by atoms with Crippen LogP contribution in [0.15, 0.2) is 54.9 Å². The van der Waals surface area contributed by atoms with Gasteiger partial charge in [0.05, 0.1) is 22.9 Å². The summed E-state index contributed by atoms with van der Waals surface area (Å²) in [7, 11) is 0. The third kappa shape index (κ3) is 2.27. The van der Waals surface area contributed by atoms with E-state index in [1.165, 1.54) is 0 Å². The number of fused-ring (bicyclic) bond motifs is 1. The van der Waals surface area contributed by atoms with E-state index < -0.39 is 0 Å². The maximum Gasteiger partial charge on any atom is 0.131 e. The average molecular weight is 276 g/mol. The first-order valence-electron chi connectivity index (χ1n) is 6.64. The number of pyridine rings is 1. The minimum atomic E-state index is 0.550. The molecule has 1 N–H and O–H groups in total. The van der Waals surface area contributed by atoms with Crippen LogP contribution in [-0.2, 0) is 6.54 Å². The molecule has 0 aliphatic rings. The molecule has 21 heavy (non-hydrogen) atoms. The predicted molar refractivity (Wildman–Crippen MR) is 78.4 cm³/mol. The number of imidazole rings is 1. The zero-order chi connectivity index (χ0) is 14.1. The van der Waals surface area contributed by atoms with Gasteiger partial charge in [-0.25, -0.2) is 9.67 Å². The Bertz CT molecular complexity index is 844. The van der Waals surface area contributed by atoms with E-state index in [9.17, 15) is 0 Å². The predicted octanol–water partition coefficient (Wildman–Crippen LogP) is 2.26. The van der Waals surface area contributed by atoms with Crippen molar-refractivity contribution in [2.24, 2.45) is 0 Å². The Morgan fingerprint density at radius 1 is 1.00 bits per heavy atom. The first-order valence-corrected chi connectivity index (χ1v) is 6.64. The van der Waals surface area contributed by atoms with Crippen LogP contribution in [0.5, 0.6) is 0 Å². The number of nitrogens with zero attached hydrogens (tertiary/aromatic N) is 5. The van der Waals surface area contributed by atoms with E-state index in [1.807, 2.05) is 48.7 Å². The Kier molecular flexibility index (Phi) is 2.71. The van der Waals surface area contributed by atoms with Gasteiger partial charge in [0.2, 0.25) is 0 Å². The van der Waals surface area contributed by atoms with Gasteiger partial charge in [-0.15, -0.1) is 5.10 Å². The second-order valence-electron chi connectivity index (χ2n) is 4.72. The summed E-state index contributed by atoms with van der Waals surface area (Å²) in [4.78, 5) is 12.1. The lowest BCUT2D eigenvalue weighted by Crippen LogP contribution is -2.01. The topological polar surface area (TPSA) is 72.3 Å². The van der Waals surface area contributed by atoms with Crippen LogP contribution < -0.4 is 0 Å². The monoisotopic (exact) mass is 276 g/mol. The summed E-state index contributed by atoms with van der Waals surface area (Å²) in [5, 5.41) is 8.27. The molecule has 0 unspecified atom stereocenters. The van der Waals surface area contributed by atoms with Gasteiger partial charge in [0, 0.05) is 6.20 Å². The molecule has 0 fully saturated rings. The average Bonchev–Trinajstić information content (AvgIpc) is 3.14. The molecular weight excluding hydrogens is 264 g/mol. The highest BCUT2D eigenvalue weighted by molar-refractivity contribution is 5.74. The van der Waals surface area contributed by atoms with Crippen molar-refractivity contribution in [2.75, 3.05) is 0 Å². The third-order valence-electron chi connectivity index (χ3n) is 3.22. The van der Waals surface area contributed by atoms with Gasteiger partial charge in [0.1, 0.15) is 18.1 Å². The van der Waals surface area contributed by atoms with Crippen molar-refractivity contribution in [3.05, 3.63) is 60.7 Å². The molecule has 0 aliphatic carbocycles. The van der Waals surface area contributed by atoms with Crippen molar-refractivity contribution in [1.82, 2.24) is 29.9 Å². The van der Waals surface area contributed by atoms with Gasteiger partial charge >= 0.3 is 0 Å². The number of nitrogens with one attached hydrogen (secondary N) is 1. The summed E-state index contributed by atoms with van der Waals surface area (Å²) in [6.07, 6.45) is 3.61. The fraction of sp³-hybridized carbons (Fsp3) is 0.0667. The van der Waals surface area contributed by atoms with E-state index in [0.29, 0.717) is 6.54 Å². The van der Waals surface area contributed by atoms with Crippen LogP contribution in [-0.4, -0.2) is 29.9 Å². The summed E-state index contributed by atoms with van der Waals surface area (Å²) in [6, 6.07) is 13.7. The molecule has 4 aromatic rings. The Labute approximate surface area is 120 Å². The Balaban J connectivity index is 1.61. The molecule has 6 heteroatoms. The first-order chi connectivity index (χ1) is 10.4. The van der Waals surface area contributed by atoms with E-state index in [2.05, 4.69) is 25.3 Å². The second kappa shape index (κ2) is 4.82. The number of aromatic nitrogens is 6. The van der Waals surface area contributed by atoms with Crippen LogP contribution in [0.4, 0.5) is 0 Å². The van der Waals surface area contributed by atoms with Gasteiger partial charge in [0.15, 0.2) is 0 Å². The van der Waals surface area contributed by atoms with Crippen molar-refractivity contribution < 1.29 is 0 Å². The zero-order valence-electron chi connectivity index (χ0n) is 11.1. The molecule has 0 saturated heterocycles. The number of H-pyrrole nitrogens is 1. The largest absolute Gasteiger partial charge is 0.340 e. The van der Waals surface area contributed by atoms with Crippen LogP contribution >= 0.6 is 0 Å². The highest BCUT2D eigenvalue weighted by atomic mass is 15.4. The van der Waals surface area contributed by atoms with Crippen molar-refractivity contribution in [2.45, 2.75) is 6.54 Å². The molecule has 0 aliphatic heterocycles. The van der Waals surface area contributed by atoms with E-state index in [1.54, 1.807) is 10.9 Å². The van der Waals surface area contributed by atoms with E-state index >= 15 is 0 Å². The molecule has 3 heterocycles. The first kappa shape index (κ1) is 11.8. The van der Waals surface area contributed by atoms with Crippen molar-refractivity contribution in [3.63, 3.8) is 0 Å². The summed E-state index contributed by atoms with van der Waals surface area (Å²) in [5.41, 5.74) is 3.55. The number of hydrogen-bond acceptors (Lipinski definition) is 4. The lowest BCUT2D eigenvalue weighted by atomic mass is 10.3. The maximum atomic E-state index is 4.53. The van der Waals surface area contributed by atoms with Crippen LogP contribution in [0.3, 0.4) is 0 Å². The summed E-state index contributed by atoms with van der Waals surface area (Å²) in [5.74, 6) is 0.855. The molecular formula is C15H12N6. The SMILES string of the molecule is c1ccc(-c2cn(Cc3nc4ccccc4[nH]3)nn2)nc1. The number of hydrogen-bond donors (Lipinski definition) is 1. The highest BCUT2D eigenvalue weighted by Crippen LogP contribution is 2.14. The molecule has 3 aromatic heterocycles. The maximum absolute atomic E-state index is 4.53. The van der Waals surface area contributed by atoms with Crippen LogP contribution in [0.1, 0.15) is 5.82 Å². The summed E-state index contributed by atoms with van der Waals surface area (Å²) >= 11 is 0. The summed E-state index contributed by atoms with van der Waals surface area (Å²) < 4.78 is 1.75. The number of para-hydroxylation sites is 2. The highest BCUT2D eigenvalue weighted by Gasteiger charge is 2.07. The van der Waals surface area contributed by atoms with Crippen LogP contribution in [0.2, 0.25) is 0 Å². The van der Waals surface area contributed by atoms with Crippen LogP contribution in [0, 0.1) is 0 Å². The number of benzene rings is 1. The summed E-state index contributed by atoms with van der Waals surface area (Å²) in [6.45, 7) is 0.550. The molecule has 0 atom stereocenters. The van der Waals surface area contributed by atoms with Gasteiger partial charge < -0.3 is 4.98 Å². The minimum Gasteiger partial charge on any atom is -0.340 e. The fourth-order valence-corrected chi connectivity index (χ4v) is 2.24. The van der Waals surface area contributed by atoms with Gasteiger partial charge in [-0.2, -0.15) is 0 Å². The molecule has 102 valence electrons. The normalized spacial score (nSPS) is 11.0. The second-order valence-corrected chi connectivity index (χ2v) is 4.72. The molecule has 0 spiro atoms. The molecule has 1 aromatic carbocycles. The Hall–Kier alpha value is -3.02. The van der Waals surface area contributed by atoms with Gasteiger partial charge in [-0.3, -0.25) is 4.98 Å². The van der Waals surface area contributed by atoms with E-state index in [-0.39, 0.29) is 0 Å². The van der Waals surface area contributed by atoms with E-state index in [4.69, 9.17) is 0 Å². The number of rotatable bonds is 3.